The lowest BCUT2D eigenvalue weighted by Crippen LogP contribution is -2.28. The van der Waals surface area contributed by atoms with Gasteiger partial charge in [0.05, 0.1) is 5.38 Å². The summed E-state index contributed by atoms with van der Waals surface area (Å²) in [6.45, 7) is 6.42. The highest BCUT2D eigenvalue weighted by atomic mass is 35.5. The normalized spacial score (nSPS) is 12.6. The molecule has 0 spiro atoms. The number of rotatable bonds is 4. The maximum Gasteiger partial charge on any atom is 0.240 e. The topological polar surface area (TPSA) is 59.8 Å². The van der Waals surface area contributed by atoms with E-state index in [0.717, 1.165) is 11.2 Å². The molecule has 1 amide bonds. The van der Waals surface area contributed by atoms with Crippen molar-refractivity contribution in [3.63, 3.8) is 0 Å². The second kappa shape index (κ2) is 5.57. The quantitative estimate of drug-likeness (QED) is 0.873. The number of aryl methyl sites for hydroxylation is 1. The number of halogens is 1. The lowest BCUT2D eigenvalue weighted by Gasteiger charge is -2.09. The minimum atomic E-state index is -0.274. The van der Waals surface area contributed by atoms with Gasteiger partial charge in [0.2, 0.25) is 5.91 Å². The van der Waals surface area contributed by atoms with Gasteiger partial charge in [-0.05, 0) is 32.9 Å². The van der Waals surface area contributed by atoms with Crippen LogP contribution in [0.25, 0.3) is 11.2 Å². The highest BCUT2D eigenvalue weighted by Crippen LogP contribution is 2.23. The molecule has 2 aromatic heterocycles. The summed E-state index contributed by atoms with van der Waals surface area (Å²) in [6, 6.07) is 3.79. The summed E-state index contributed by atoms with van der Waals surface area (Å²) in [5.74, 6) is 0.602. The lowest BCUT2D eigenvalue weighted by molar-refractivity contribution is -0.121. The Morgan fingerprint density at radius 3 is 2.84 bits per heavy atom. The van der Waals surface area contributed by atoms with E-state index in [1.54, 1.807) is 4.57 Å². The zero-order valence-corrected chi connectivity index (χ0v) is 12.0. The Balaban J connectivity index is 2.50. The second-order valence-corrected chi connectivity index (χ2v) is 5.08. The summed E-state index contributed by atoms with van der Waals surface area (Å²) in [6.07, 6.45) is 0. The van der Waals surface area contributed by atoms with Crippen LogP contribution in [0, 0.1) is 6.92 Å². The van der Waals surface area contributed by atoms with Gasteiger partial charge in [-0.3, -0.25) is 4.79 Å². The number of nitrogens with zero attached hydrogens (tertiary/aromatic N) is 3. The molecule has 2 aromatic rings. The van der Waals surface area contributed by atoms with E-state index in [9.17, 15) is 4.79 Å². The van der Waals surface area contributed by atoms with Gasteiger partial charge in [-0.1, -0.05) is 0 Å². The minimum Gasteiger partial charge on any atom is -0.355 e. The molecule has 102 valence electrons. The number of hydrogen-bond donors (Lipinski definition) is 1. The molecule has 0 saturated carbocycles. The maximum atomic E-state index is 11.8. The Bertz CT molecular complexity index is 606. The molecule has 0 radical (unpaired) electrons. The number of likely N-dealkylation sites (N-methyl/N-ethyl adjacent to an activating group) is 1. The average molecular weight is 281 g/mol. The van der Waals surface area contributed by atoms with Gasteiger partial charge in [0.15, 0.2) is 5.65 Å². The molecule has 0 aromatic carbocycles. The van der Waals surface area contributed by atoms with Crippen LogP contribution in [0.1, 0.15) is 30.7 Å². The number of alkyl halides is 1. The molecule has 0 aliphatic rings. The van der Waals surface area contributed by atoms with Crippen LogP contribution in [0.2, 0.25) is 0 Å². The van der Waals surface area contributed by atoms with Crippen molar-refractivity contribution in [2.75, 3.05) is 6.54 Å². The first kappa shape index (κ1) is 13.8. The Kier molecular flexibility index (Phi) is 4.04. The molecule has 1 atom stereocenters. The molecule has 6 heteroatoms. The summed E-state index contributed by atoms with van der Waals surface area (Å²) in [4.78, 5) is 20.7. The smallest absolute Gasteiger partial charge is 0.240 e. The summed E-state index contributed by atoms with van der Waals surface area (Å²) in [5, 5.41) is 2.50. The van der Waals surface area contributed by atoms with E-state index in [-0.39, 0.29) is 17.8 Å². The molecule has 0 aliphatic carbocycles. The molecule has 0 aliphatic heterocycles. The molecule has 0 bridgehead atoms. The van der Waals surface area contributed by atoms with Gasteiger partial charge in [-0.25, -0.2) is 9.97 Å². The first-order valence-corrected chi connectivity index (χ1v) is 6.71. The summed E-state index contributed by atoms with van der Waals surface area (Å²) in [5.41, 5.74) is 2.35. The van der Waals surface area contributed by atoms with Crippen LogP contribution in [0.3, 0.4) is 0 Å². The van der Waals surface area contributed by atoms with E-state index in [4.69, 9.17) is 11.6 Å². The van der Waals surface area contributed by atoms with Crippen molar-refractivity contribution >= 4 is 28.7 Å². The van der Waals surface area contributed by atoms with E-state index < -0.39 is 0 Å². The molecule has 0 saturated heterocycles. The van der Waals surface area contributed by atoms with Gasteiger partial charge in [0.25, 0.3) is 0 Å². The number of amides is 1. The van der Waals surface area contributed by atoms with E-state index in [1.165, 1.54) is 0 Å². The van der Waals surface area contributed by atoms with Crippen LogP contribution in [-0.2, 0) is 11.3 Å². The Morgan fingerprint density at radius 2 is 2.21 bits per heavy atom. The summed E-state index contributed by atoms with van der Waals surface area (Å²) < 4.78 is 1.78. The third-order valence-electron chi connectivity index (χ3n) is 2.79. The van der Waals surface area contributed by atoms with Crippen LogP contribution in [0.15, 0.2) is 12.1 Å². The van der Waals surface area contributed by atoms with E-state index in [2.05, 4.69) is 15.3 Å². The third kappa shape index (κ3) is 2.87. The molecule has 19 heavy (non-hydrogen) atoms. The Morgan fingerprint density at radius 1 is 1.47 bits per heavy atom. The van der Waals surface area contributed by atoms with Gasteiger partial charge in [0.1, 0.15) is 17.9 Å². The van der Waals surface area contributed by atoms with Crippen molar-refractivity contribution in [2.45, 2.75) is 32.7 Å². The zero-order chi connectivity index (χ0) is 14.0. The van der Waals surface area contributed by atoms with Crippen molar-refractivity contribution < 1.29 is 4.79 Å². The Hall–Kier alpha value is -1.62. The monoisotopic (exact) mass is 280 g/mol. The summed E-state index contributed by atoms with van der Waals surface area (Å²) in [7, 11) is 0. The predicted octanol–water partition coefficient (Wildman–Crippen LogP) is 2.18. The largest absolute Gasteiger partial charge is 0.355 e. The van der Waals surface area contributed by atoms with Crippen molar-refractivity contribution in [2.24, 2.45) is 0 Å². The SMILES string of the molecule is CCNC(=O)Cn1c(C(C)Cl)nc2ccc(C)nc21. The van der Waals surface area contributed by atoms with Crippen molar-refractivity contribution in [3.8, 4) is 0 Å². The zero-order valence-electron chi connectivity index (χ0n) is 11.3. The van der Waals surface area contributed by atoms with E-state index >= 15 is 0 Å². The predicted molar refractivity (Wildman–Crippen MR) is 75.2 cm³/mol. The van der Waals surface area contributed by atoms with E-state index in [0.29, 0.717) is 18.0 Å². The average Bonchev–Trinajstić information content (AvgIpc) is 2.68. The highest BCUT2D eigenvalue weighted by Gasteiger charge is 2.17. The fourth-order valence-electron chi connectivity index (χ4n) is 1.97. The van der Waals surface area contributed by atoms with Gasteiger partial charge in [-0.2, -0.15) is 0 Å². The molecule has 2 heterocycles. The number of carbonyl (C=O) groups excluding carboxylic acids is 1. The second-order valence-electron chi connectivity index (χ2n) is 4.42. The number of nitrogens with one attached hydrogen (secondary N) is 1. The lowest BCUT2D eigenvalue weighted by atomic mass is 10.3. The number of fused-ring (bicyclic) bond motifs is 1. The molecule has 1 N–H and O–H groups in total. The van der Waals surface area contributed by atoms with Crippen LogP contribution in [-0.4, -0.2) is 27.0 Å². The fraction of sp³-hybridized carbons (Fsp3) is 0.462. The van der Waals surface area contributed by atoms with Gasteiger partial charge < -0.3 is 9.88 Å². The van der Waals surface area contributed by atoms with Crippen molar-refractivity contribution in [3.05, 3.63) is 23.7 Å². The van der Waals surface area contributed by atoms with Crippen molar-refractivity contribution in [1.29, 1.82) is 0 Å². The highest BCUT2D eigenvalue weighted by molar-refractivity contribution is 6.20. The number of hydrogen-bond acceptors (Lipinski definition) is 3. The fourth-order valence-corrected chi connectivity index (χ4v) is 2.14. The standard InChI is InChI=1S/C13H17ClN4O/c1-4-15-11(19)7-18-12(9(3)14)17-10-6-5-8(2)16-13(10)18/h5-6,9H,4,7H2,1-3H3,(H,15,19). The van der Waals surface area contributed by atoms with Crippen LogP contribution < -0.4 is 5.32 Å². The van der Waals surface area contributed by atoms with Gasteiger partial charge in [0, 0.05) is 12.2 Å². The number of imidazole rings is 1. The first-order valence-electron chi connectivity index (χ1n) is 6.27. The third-order valence-corrected chi connectivity index (χ3v) is 2.99. The molecule has 1 unspecified atom stereocenters. The first-order chi connectivity index (χ1) is 9.02. The van der Waals surface area contributed by atoms with Gasteiger partial charge >= 0.3 is 0 Å². The number of aromatic nitrogens is 3. The van der Waals surface area contributed by atoms with Gasteiger partial charge in [-0.15, -0.1) is 11.6 Å². The van der Waals surface area contributed by atoms with Crippen molar-refractivity contribution in [1.82, 2.24) is 19.9 Å². The number of carbonyl (C=O) groups is 1. The summed E-state index contributed by atoms with van der Waals surface area (Å²) >= 11 is 6.14. The molecule has 2 rings (SSSR count). The van der Waals surface area contributed by atoms with Crippen LogP contribution in [0.4, 0.5) is 0 Å². The molecular formula is C13H17ClN4O. The number of pyridine rings is 1. The Labute approximate surface area is 117 Å². The van der Waals surface area contributed by atoms with E-state index in [1.807, 2.05) is 32.9 Å². The molecular weight excluding hydrogens is 264 g/mol. The molecule has 5 nitrogen and oxygen atoms in total. The molecule has 0 fully saturated rings. The maximum absolute atomic E-state index is 11.8. The van der Waals surface area contributed by atoms with Crippen LogP contribution >= 0.6 is 11.6 Å². The van der Waals surface area contributed by atoms with Crippen LogP contribution in [0.5, 0.6) is 0 Å². The minimum absolute atomic E-state index is 0.0660.